The average Bonchev–Trinajstić information content (AvgIpc) is 2.83. The third-order valence-electron chi connectivity index (χ3n) is 2.93. The number of thiophene rings is 1. The molecule has 2 aromatic heterocycles. The lowest BCUT2D eigenvalue weighted by atomic mass is 9.91. The molecule has 0 bridgehead atoms. The highest BCUT2D eigenvalue weighted by Crippen LogP contribution is 2.29. The van der Waals surface area contributed by atoms with Crippen molar-refractivity contribution in [3.8, 4) is 0 Å². The van der Waals surface area contributed by atoms with Gasteiger partial charge in [-0.3, -0.25) is 9.78 Å². The third-order valence-corrected chi connectivity index (χ3v) is 3.91. The highest BCUT2D eigenvalue weighted by molar-refractivity contribution is 7.10. The SMILES string of the molecule is O=C1/C(=C\c2cccnc2)CCc2sccc21. The smallest absolute Gasteiger partial charge is 0.190 e. The van der Waals surface area contributed by atoms with E-state index in [1.54, 1.807) is 23.7 Å². The molecule has 0 amide bonds. The predicted octanol–water partition coefficient (Wildman–Crippen LogP) is 3.36. The maximum Gasteiger partial charge on any atom is 0.190 e. The van der Waals surface area contributed by atoms with Crippen LogP contribution >= 0.6 is 11.3 Å². The summed E-state index contributed by atoms with van der Waals surface area (Å²) in [5.74, 6) is 0.177. The van der Waals surface area contributed by atoms with E-state index in [4.69, 9.17) is 0 Å². The van der Waals surface area contributed by atoms with Crippen molar-refractivity contribution >= 4 is 23.2 Å². The average molecular weight is 241 g/mol. The monoisotopic (exact) mass is 241 g/mol. The van der Waals surface area contributed by atoms with Gasteiger partial charge >= 0.3 is 0 Å². The summed E-state index contributed by atoms with van der Waals surface area (Å²) in [7, 11) is 0. The molecule has 1 aliphatic rings. The van der Waals surface area contributed by atoms with Crippen LogP contribution in [0.25, 0.3) is 6.08 Å². The van der Waals surface area contributed by atoms with Gasteiger partial charge in [-0.05, 0) is 42.0 Å². The molecular weight excluding hydrogens is 230 g/mol. The Labute approximate surface area is 104 Å². The van der Waals surface area contributed by atoms with Crippen LogP contribution in [0, 0.1) is 0 Å². The summed E-state index contributed by atoms with van der Waals surface area (Å²) >= 11 is 1.68. The van der Waals surface area contributed by atoms with Gasteiger partial charge in [0.2, 0.25) is 0 Å². The number of carbonyl (C=O) groups is 1. The second-order valence-corrected chi connectivity index (χ2v) is 5.04. The van der Waals surface area contributed by atoms with Gasteiger partial charge in [0.15, 0.2) is 5.78 Å². The van der Waals surface area contributed by atoms with Gasteiger partial charge in [-0.1, -0.05) is 6.07 Å². The lowest BCUT2D eigenvalue weighted by Crippen LogP contribution is -2.11. The van der Waals surface area contributed by atoms with Crippen molar-refractivity contribution in [1.29, 1.82) is 0 Å². The highest BCUT2D eigenvalue weighted by Gasteiger charge is 2.22. The van der Waals surface area contributed by atoms with Crippen molar-refractivity contribution in [2.24, 2.45) is 0 Å². The molecule has 2 aromatic rings. The highest BCUT2D eigenvalue weighted by atomic mass is 32.1. The van der Waals surface area contributed by atoms with Gasteiger partial charge in [0.1, 0.15) is 0 Å². The van der Waals surface area contributed by atoms with Gasteiger partial charge < -0.3 is 0 Å². The molecule has 0 fully saturated rings. The molecule has 0 aromatic carbocycles. The number of fused-ring (bicyclic) bond motifs is 1. The van der Waals surface area contributed by atoms with Gasteiger partial charge in [-0.2, -0.15) is 0 Å². The first-order valence-electron chi connectivity index (χ1n) is 5.56. The number of nitrogens with zero attached hydrogens (tertiary/aromatic N) is 1. The number of rotatable bonds is 1. The van der Waals surface area contributed by atoms with Gasteiger partial charge in [-0.25, -0.2) is 0 Å². The Kier molecular flexibility index (Phi) is 2.61. The second-order valence-electron chi connectivity index (χ2n) is 4.04. The Balaban J connectivity index is 1.97. The number of aryl methyl sites for hydroxylation is 1. The zero-order valence-electron chi connectivity index (χ0n) is 9.22. The summed E-state index contributed by atoms with van der Waals surface area (Å²) in [5.41, 5.74) is 2.77. The molecule has 3 heteroatoms. The molecule has 0 N–H and O–H groups in total. The first kappa shape index (κ1) is 10.4. The first-order valence-corrected chi connectivity index (χ1v) is 6.44. The van der Waals surface area contributed by atoms with Crippen molar-refractivity contribution in [1.82, 2.24) is 4.98 Å². The lowest BCUT2D eigenvalue weighted by molar-refractivity contribution is 0.102. The summed E-state index contributed by atoms with van der Waals surface area (Å²) in [5, 5.41) is 2.00. The van der Waals surface area contributed by atoms with Crippen LogP contribution in [0.3, 0.4) is 0 Å². The van der Waals surface area contributed by atoms with Crippen molar-refractivity contribution in [3.63, 3.8) is 0 Å². The minimum atomic E-state index is 0.177. The van der Waals surface area contributed by atoms with E-state index in [0.29, 0.717) is 0 Å². The maximum absolute atomic E-state index is 12.2. The van der Waals surface area contributed by atoms with E-state index < -0.39 is 0 Å². The van der Waals surface area contributed by atoms with Crippen LogP contribution in [-0.4, -0.2) is 10.8 Å². The number of aromatic nitrogens is 1. The van der Waals surface area contributed by atoms with E-state index in [1.807, 2.05) is 29.7 Å². The van der Waals surface area contributed by atoms with E-state index in [-0.39, 0.29) is 5.78 Å². The van der Waals surface area contributed by atoms with Gasteiger partial charge in [0.05, 0.1) is 0 Å². The van der Waals surface area contributed by atoms with E-state index in [0.717, 1.165) is 29.5 Å². The molecule has 0 spiro atoms. The van der Waals surface area contributed by atoms with Crippen LogP contribution in [0.2, 0.25) is 0 Å². The largest absolute Gasteiger partial charge is 0.289 e. The van der Waals surface area contributed by atoms with Crippen LogP contribution in [0.5, 0.6) is 0 Å². The van der Waals surface area contributed by atoms with Crippen LogP contribution in [-0.2, 0) is 6.42 Å². The zero-order chi connectivity index (χ0) is 11.7. The van der Waals surface area contributed by atoms with E-state index >= 15 is 0 Å². The van der Waals surface area contributed by atoms with E-state index in [9.17, 15) is 4.79 Å². The topological polar surface area (TPSA) is 30.0 Å². The van der Waals surface area contributed by atoms with E-state index in [1.165, 1.54) is 4.88 Å². The molecule has 84 valence electrons. The minimum Gasteiger partial charge on any atom is -0.289 e. The Morgan fingerprint density at radius 1 is 1.29 bits per heavy atom. The fourth-order valence-corrected chi connectivity index (χ4v) is 2.95. The first-order chi connectivity index (χ1) is 8.34. The molecule has 2 heterocycles. The normalized spacial score (nSPS) is 17.2. The summed E-state index contributed by atoms with van der Waals surface area (Å²) in [6.07, 6.45) is 7.28. The van der Waals surface area contributed by atoms with Crippen LogP contribution in [0.4, 0.5) is 0 Å². The minimum absolute atomic E-state index is 0.177. The Morgan fingerprint density at radius 2 is 2.24 bits per heavy atom. The molecule has 0 atom stereocenters. The lowest BCUT2D eigenvalue weighted by Gasteiger charge is -2.13. The standard InChI is InChI=1S/C14H11NOS/c16-14-11(8-10-2-1-6-15-9-10)3-4-13-12(14)5-7-17-13/h1-2,5-9H,3-4H2/b11-8-. The van der Waals surface area contributed by atoms with Gasteiger partial charge in [0.25, 0.3) is 0 Å². The summed E-state index contributed by atoms with van der Waals surface area (Å²) < 4.78 is 0. The number of ketones is 1. The molecular formula is C14H11NOS. The van der Waals surface area contributed by atoms with Crippen molar-refractivity contribution in [2.75, 3.05) is 0 Å². The zero-order valence-corrected chi connectivity index (χ0v) is 10.0. The van der Waals surface area contributed by atoms with Crippen molar-refractivity contribution in [2.45, 2.75) is 12.8 Å². The molecule has 0 saturated heterocycles. The number of hydrogen-bond acceptors (Lipinski definition) is 3. The second kappa shape index (κ2) is 4.26. The predicted molar refractivity (Wildman–Crippen MR) is 69.2 cm³/mol. The van der Waals surface area contributed by atoms with Gasteiger partial charge in [0, 0.05) is 28.4 Å². The fourth-order valence-electron chi connectivity index (χ4n) is 2.07. The quantitative estimate of drug-likeness (QED) is 0.717. The number of Topliss-reactive ketones (excluding diaryl/α,β-unsaturated/α-hetero) is 1. The summed E-state index contributed by atoms with van der Waals surface area (Å²) in [6, 6.07) is 5.78. The molecule has 0 aliphatic heterocycles. The number of carbonyl (C=O) groups excluding carboxylic acids is 1. The molecule has 3 rings (SSSR count). The van der Waals surface area contributed by atoms with Crippen molar-refractivity contribution in [3.05, 3.63) is 57.6 Å². The summed E-state index contributed by atoms with van der Waals surface area (Å²) in [4.78, 5) is 17.5. The molecule has 0 unspecified atom stereocenters. The van der Waals surface area contributed by atoms with E-state index in [2.05, 4.69) is 4.98 Å². The number of allylic oxidation sites excluding steroid dienone is 1. The Hall–Kier alpha value is -1.74. The summed E-state index contributed by atoms with van der Waals surface area (Å²) in [6.45, 7) is 0. The molecule has 0 radical (unpaired) electrons. The molecule has 17 heavy (non-hydrogen) atoms. The third kappa shape index (κ3) is 1.94. The van der Waals surface area contributed by atoms with Gasteiger partial charge in [-0.15, -0.1) is 11.3 Å². The van der Waals surface area contributed by atoms with Crippen LogP contribution < -0.4 is 0 Å². The fraction of sp³-hybridized carbons (Fsp3) is 0.143. The molecule has 1 aliphatic carbocycles. The van der Waals surface area contributed by atoms with Crippen molar-refractivity contribution < 1.29 is 4.79 Å². The number of hydrogen-bond donors (Lipinski definition) is 0. The maximum atomic E-state index is 12.2. The van der Waals surface area contributed by atoms with Crippen LogP contribution in [0.1, 0.15) is 27.2 Å². The molecule has 2 nitrogen and oxygen atoms in total. The molecule has 0 saturated carbocycles. The Bertz CT molecular complexity index is 583. The number of pyridine rings is 1. The Morgan fingerprint density at radius 3 is 3.06 bits per heavy atom. The van der Waals surface area contributed by atoms with Crippen LogP contribution in [0.15, 0.2) is 41.5 Å².